The zero-order valence-corrected chi connectivity index (χ0v) is 10.5. The first kappa shape index (κ1) is 11.2. The number of aryl methyl sites for hydroxylation is 1. The first-order valence-corrected chi connectivity index (χ1v) is 6.87. The van der Waals surface area contributed by atoms with Gasteiger partial charge in [0, 0.05) is 19.5 Å². The van der Waals surface area contributed by atoms with Gasteiger partial charge in [-0.2, -0.15) is 4.98 Å². The predicted molar refractivity (Wildman–Crippen MR) is 64.8 cm³/mol. The molecule has 0 radical (unpaired) electrons. The highest BCUT2D eigenvalue weighted by Crippen LogP contribution is 2.48. The minimum atomic E-state index is 0.399. The van der Waals surface area contributed by atoms with Gasteiger partial charge in [0.05, 0.1) is 5.92 Å². The maximum absolute atomic E-state index is 5.47. The van der Waals surface area contributed by atoms with Gasteiger partial charge in [0.25, 0.3) is 0 Å². The maximum Gasteiger partial charge on any atom is 0.231 e. The molecule has 1 saturated carbocycles. The van der Waals surface area contributed by atoms with Crippen LogP contribution in [0.25, 0.3) is 0 Å². The highest BCUT2D eigenvalue weighted by atomic mass is 16.5. The zero-order chi connectivity index (χ0) is 11.7. The number of aromatic nitrogens is 2. The van der Waals surface area contributed by atoms with Crippen molar-refractivity contribution in [2.75, 3.05) is 13.1 Å². The molecule has 0 unspecified atom stereocenters. The summed E-state index contributed by atoms with van der Waals surface area (Å²) < 4.78 is 5.47. The third-order valence-electron chi connectivity index (χ3n) is 4.51. The number of nitrogens with one attached hydrogen (secondary N) is 1. The van der Waals surface area contributed by atoms with Gasteiger partial charge in [0.15, 0.2) is 5.82 Å². The summed E-state index contributed by atoms with van der Waals surface area (Å²) in [7, 11) is 0. The molecule has 1 aromatic rings. The van der Waals surface area contributed by atoms with Crippen molar-refractivity contribution in [1.82, 2.24) is 15.5 Å². The fourth-order valence-corrected chi connectivity index (χ4v) is 3.49. The van der Waals surface area contributed by atoms with Crippen LogP contribution in [0.1, 0.15) is 56.7 Å². The van der Waals surface area contributed by atoms with Gasteiger partial charge >= 0.3 is 0 Å². The summed E-state index contributed by atoms with van der Waals surface area (Å²) in [5.41, 5.74) is 0.399. The van der Waals surface area contributed by atoms with Crippen LogP contribution in [-0.2, 0) is 6.42 Å². The van der Waals surface area contributed by atoms with Crippen LogP contribution in [0.15, 0.2) is 4.52 Å². The molecule has 94 valence electrons. The van der Waals surface area contributed by atoms with Gasteiger partial charge in [-0.1, -0.05) is 31.3 Å². The van der Waals surface area contributed by atoms with E-state index in [4.69, 9.17) is 4.52 Å². The summed E-state index contributed by atoms with van der Waals surface area (Å²) in [5.74, 6) is 2.15. The normalized spacial score (nSPS) is 27.7. The lowest BCUT2D eigenvalue weighted by Gasteiger charge is -2.36. The standard InChI is InChI=1S/C13H21N3O/c1-2-11-15-12(17-16-11)10-8-14-9-13(10)6-4-3-5-7-13/h10,14H,2-9H2,1H3/t10-/m1/s1. The van der Waals surface area contributed by atoms with E-state index in [9.17, 15) is 0 Å². The lowest BCUT2D eigenvalue weighted by atomic mass is 9.67. The van der Waals surface area contributed by atoms with Gasteiger partial charge in [-0.15, -0.1) is 0 Å². The van der Waals surface area contributed by atoms with Gasteiger partial charge in [-0.25, -0.2) is 0 Å². The minimum absolute atomic E-state index is 0.399. The molecule has 0 bridgehead atoms. The molecule has 2 fully saturated rings. The van der Waals surface area contributed by atoms with Gasteiger partial charge < -0.3 is 9.84 Å². The molecule has 0 amide bonds. The number of hydrogen-bond donors (Lipinski definition) is 1. The molecular formula is C13H21N3O. The van der Waals surface area contributed by atoms with Crippen molar-refractivity contribution in [3.05, 3.63) is 11.7 Å². The second kappa shape index (κ2) is 4.41. The Morgan fingerprint density at radius 1 is 1.35 bits per heavy atom. The Balaban J connectivity index is 1.85. The zero-order valence-electron chi connectivity index (χ0n) is 10.5. The van der Waals surface area contributed by atoms with Crippen LogP contribution in [0.3, 0.4) is 0 Å². The molecule has 1 N–H and O–H groups in total. The Hall–Kier alpha value is -0.900. The van der Waals surface area contributed by atoms with E-state index in [1.807, 2.05) is 0 Å². The molecular weight excluding hydrogens is 214 g/mol. The summed E-state index contributed by atoms with van der Waals surface area (Å²) in [4.78, 5) is 4.54. The Kier molecular flexibility index (Phi) is 2.90. The van der Waals surface area contributed by atoms with Gasteiger partial charge in [0.1, 0.15) is 0 Å². The van der Waals surface area contributed by atoms with Crippen molar-refractivity contribution in [2.45, 2.75) is 51.4 Å². The lowest BCUT2D eigenvalue weighted by Crippen LogP contribution is -2.31. The fourth-order valence-electron chi connectivity index (χ4n) is 3.49. The number of nitrogens with zero attached hydrogens (tertiary/aromatic N) is 2. The molecule has 1 saturated heterocycles. The molecule has 1 aliphatic carbocycles. The Bertz CT molecular complexity index is 382. The second-order valence-electron chi connectivity index (χ2n) is 5.51. The quantitative estimate of drug-likeness (QED) is 0.854. The van der Waals surface area contributed by atoms with Crippen LogP contribution < -0.4 is 5.32 Å². The molecule has 4 nitrogen and oxygen atoms in total. The SMILES string of the molecule is CCc1noc([C@H]2CNCC23CCCCC3)n1. The van der Waals surface area contributed by atoms with E-state index in [-0.39, 0.29) is 0 Å². The van der Waals surface area contributed by atoms with E-state index < -0.39 is 0 Å². The van der Waals surface area contributed by atoms with E-state index >= 15 is 0 Å². The first-order chi connectivity index (χ1) is 8.34. The fraction of sp³-hybridized carbons (Fsp3) is 0.846. The first-order valence-electron chi connectivity index (χ1n) is 6.87. The predicted octanol–water partition coefficient (Wildman–Crippen LogP) is 2.27. The Morgan fingerprint density at radius 2 is 2.18 bits per heavy atom. The summed E-state index contributed by atoms with van der Waals surface area (Å²) in [5, 5.41) is 7.57. The summed E-state index contributed by atoms with van der Waals surface area (Å²) >= 11 is 0. The topological polar surface area (TPSA) is 51.0 Å². The second-order valence-corrected chi connectivity index (χ2v) is 5.51. The van der Waals surface area contributed by atoms with Crippen LogP contribution in [0.2, 0.25) is 0 Å². The number of hydrogen-bond acceptors (Lipinski definition) is 4. The van der Waals surface area contributed by atoms with Crippen LogP contribution in [-0.4, -0.2) is 23.2 Å². The molecule has 4 heteroatoms. The molecule has 0 aromatic carbocycles. The van der Waals surface area contributed by atoms with Crippen molar-refractivity contribution < 1.29 is 4.52 Å². The average molecular weight is 235 g/mol. The Labute approximate surface area is 102 Å². The highest BCUT2D eigenvalue weighted by molar-refractivity contribution is 5.10. The van der Waals surface area contributed by atoms with Crippen LogP contribution in [0, 0.1) is 5.41 Å². The molecule has 2 heterocycles. The van der Waals surface area contributed by atoms with Gasteiger partial charge in [-0.3, -0.25) is 0 Å². The van der Waals surface area contributed by atoms with E-state index in [1.165, 1.54) is 32.1 Å². The minimum Gasteiger partial charge on any atom is -0.339 e. The van der Waals surface area contributed by atoms with E-state index in [1.54, 1.807) is 0 Å². The van der Waals surface area contributed by atoms with Gasteiger partial charge in [-0.05, 0) is 18.3 Å². The number of rotatable bonds is 2. The van der Waals surface area contributed by atoms with Crippen molar-refractivity contribution in [1.29, 1.82) is 0 Å². The summed E-state index contributed by atoms with van der Waals surface area (Å²) in [6, 6.07) is 0. The molecule has 3 rings (SSSR count). The third-order valence-corrected chi connectivity index (χ3v) is 4.51. The molecule has 1 aromatic heterocycles. The molecule has 1 aliphatic heterocycles. The molecule has 1 atom stereocenters. The van der Waals surface area contributed by atoms with Crippen LogP contribution >= 0.6 is 0 Å². The van der Waals surface area contributed by atoms with Crippen LogP contribution in [0.5, 0.6) is 0 Å². The molecule has 2 aliphatic rings. The summed E-state index contributed by atoms with van der Waals surface area (Å²) in [6.07, 6.45) is 7.58. The summed E-state index contributed by atoms with van der Waals surface area (Å²) in [6.45, 7) is 4.20. The molecule has 1 spiro atoms. The van der Waals surface area contributed by atoms with Crippen molar-refractivity contribution >= 4 is 0 Å². The Morgan fingerprint density at radius 3 is 2.88 bits per heavy atom. The van der Waals surface area contributed by atoms with E-state index in [0.717, 1.165) is 31.2 Å². The smallest absolute Gasteiger partial charge is 0.231 e. The third kappa shape index (κ3) is 1.88. The molecule has 17 heavy (non-hydrogen) atoms. The average Bonchev–Trinajstić information content (AvgIpc) is 2.97. The van der Waals surface area contributed by atoms with Crippen LogP contribution in [0.4, 0.5) is 0 Å². The van der Waals surface area contributed by atoms with Crippen molar-refractivity contribution in [3.63, 3.8) is 0 Å². The lowest BCUT2D eigenvalue weighted by molar-refractivity contribution is 0.165. The van der Waals surface area contributed by atoms with Crippen molar-refractivity contribution in [3.8, 4) is 0 Å². The maximum atomic E-state index is 5.47. The monoisotopic (exact) mass is 235 g/mol. The van der Waals surface area contributed by atoms with Crippen molar-refractivity contribution in [2.24, 2.45) is 5.41 Å². The van der Waals surface area contributed by atoms with E-state index in [0.29, 0.717) is 11.3 Å². The highest BCUT2D eigenvalue weighted by Gasteiger charge is 2.46. The van der Waals surface area contributed by atoms with E-state index in [2.05, 4.69) is 22.4 Å². The van der Waals surface area contributed by atoms with Gasteiger partial charge in [0.2, 0.25) is 5.89 Å². The largest absolute Gasteiger partial charge is 0.339 e.